The van der Waals surface area contributed by atoms with Gasteiger partial charge in [0.2, 0.25) is 0 Å². The normalized spacial score (nSPS) is 17.7. The Bertz CT molecular complexity index is 491. The van der Waals surface area contributed by atoms with Gasteiger partial charge in [-0.3, -0.25) is 4.99 Å². The largest absolute Gasteiger partial charge is 0.444 e. The number of ether oxygens (including phenoxy) is 3. The van der Waals surface area contributed by atoms with Crippen molar-refractivity contribution in [1.82, 2.24) is 16.0 Å². The van der Waals surface area contributed by atoms with Crippen LogP contribution in [0.5, 0.6) is 0 Å². The lowest BCUT2D eigenvalue weighted by Gasteiger charge is -2.36. The lowest BCUT2D eigenvalue weighted by molar-refractivity contribution is -0.0855. The van der Waals surface area contributed by atoms with Crippen LogP contribution in [0.1, 0.15) is 59.8 Å². The number of carbonyl (C=O) groups is 1. The summed E-state index contributed by atoms with van der Waals surface area (Å²) in [5.74, 6) is 0.704. The first-order valence-corrected chi connectivity index (χ1v) is 10.3. The summed E-state index contributed by atoms with van der Waals surface area (Å²) in [5.41, 5.74) is -0.740. The van der Waals surface area contributed by atoms with Gasteiger partial charge in [-0.2, -0.15) is 0 Å². The van der Waals surface area contributed by atoms with E-state index in [0.717, 1.165) is 32.1 Å². The van der Waals surface area contributed by atoms with E-state index in [1.165, 1.54) is 0 Å². The number of hydrogen-bond donors (Lipinski definition) is 3. The Balaban J connectivity index is 0.00000784. The number of guanidine groups is 1. The van der Waals surface area contributed by atoms with Crippen molar-refractivity contribution in [3.05, 3.63) is 0 Å². The van der Waals surface area contributed by atoms with Gasteiger partial charge >= 0.3 is 6.09 Å². The van der Waals surface area contributed by atoms with Crippen LogP contribution in [0.2, 0.25) is 0 Å². The molecule has 9 heteroatoms. The van der Waals surface area contributed by atoms with E-state index in [2.05, 4.69) is 27.9 Å². The van der Waals surface area contributed by atoms with Crippen LogP contribution in [0.3, 0.4) is 0 Å². The number of methoxy groups -OCH3 is 1. The molecule has 8 nitrogen and oxygen atoms in total. The maximum Gasteiger partial charge on any atom is 0.407 e. The molecule has 0 spiro atoms. The Morgan fingerprint density at radius 1 is 1.24 bits per heavy atom. The van der Waals surface area contributed by atoms with Crippen molar-refractivity contribution in [3.8, 4) is 0 Å². The Morgan fingerprint density at radius 2 is 1.90 bits per heavy atom. The fraction of sp³-hybridized carbons (Fsp3) is 0.900. The molecule has 0 aromatic rings. The quantitative estimate of drug-likeness (QED) is 0.242. The molecule has 1 unspecified atom stereocenters. The minimum atomic E-state index is -0.508. The van der Waals surface area contributed by atoms with Crippen molar-refractivity contribution < 1.29 is 19.0 Å². The third-order valence-electron chi connectivity index (χ3n) is 4.78. The summed E-state index contributed by atoms with van der Waals surface area (Å²) in [6, 6.07) is 0.0619. The second-order valence-corrected chi connectivity index (χ2v) is 8.29. The average molecular weight is 528 g/mol. The minimum Gasteiger partial charge on any atom is -0.444 e. The fourth-order valence-corrected chi connectivity index (χ4v) is 3.03. The molecule has 1 aliphatic heterocycles. The number of rotatable bonds is 9. The molecule has 0 aromatic carbocycles. The molecular formula is C20H41IN4O4. The van der Waals surface area contributed by atoms with Crippen LogP contribution in [0.15, 0.2) is 4.99 Å². The smallest absolute Gasteiger partial charge is 0.407 e. The number of nitrogens with zero attached hydrogens (tertiary/aromatic N) is 1. The van der Waals surface area contributed by atoms with Crippen molar-refractivity contribution in [2.24, 2.45) is 4.99 Å². The van der Waals surface area contributed by atoms with Gasteiger partial charge < -0.3 is 30.2 Å². The topological polar surface area (TPSA) is 93.2 Å². The number of unbranched alkanes of at least 4 members (excludes halogenated alkanes) is 1. The van der Waals surface area contributed by atoms with E-state index in [4.69, 9.17) is 14.2 Å². The van der Waals surface area contributed by atoms with Crippen LogP contribution >= 0.6 is 24.0 Å². The minimum absolute atomic E-state index is 0. The van der Waals surface area contributed by atoms with E-state index in [9.17, 15) is 4.79 Å². The number of nitrogens with one attached hydrogen (secondary N) is 3. The SMILES string of the molecule is CCCCC(CNC(=O)OC(C)(C)C)NC(=NC)NCC1(OC)CCOCC1.I. The van der Waals surface area contributed by atoms with Gasteiger partial charge in [-0.05, 0) is 27.2 Å². The maximum atomic E-state index is 12.0. The number of aliphatic imine (C=N–C) groups is 1. The maximum absolute atomic E-state index is 12.0. The lowest BCUT2D eigenvalue weighted by Crippen LogP contribution is -2.54. The third kappa shape index (κ3) is 11.8. The first-order valence-electron chi connectivity index (χ1n) is 10.3. The van der Waals surface area contributed by atoms with Gasteiger partial charge in [0.15, 0.2) is 5.96 Å². The standard InChI is InChI=1S/C20H40N4O4.HI/c1-7-8-9-16(14-22-18(25)28-19(2,3)4)24-17(21-5)23-15-20(26-6)10-12-27-13-11-20;/h16H,7-15H2,1-6H3,(H,22,25)(H2,21,23,24);1H. The summed E-state index contributed by atoms with van der Waals surface area (Å²) >= 11 is 0. The number of hydrogen-bond acceptors (Lipinski definition) is 5. The fourth-order valence-electron chi connectivity index (χ4n) is 3.03. The predicted molar refractivity (Wildman–Crippen MR) is 127 cm³/mol. The molecule has 0 saturated carbocycles. The highest BCUT2D eigenvalue weighted by Crippen LogP contribution is 2.23. The van der Waals surface area contributed by atoms with Crippen LogP contribution in [0, 0.1) is 0 Å². The third-order valence-corrected chi connectivity index (χ3v) is 4.78. The van der Waals surface area contributed by atoms with E-state index in [1.807, 2.05) is 20.8 Å². The van der Waals surface area contributed by atoms with Crippen molar-refractivity contribution in [1.29, 1.82) is 0 Å². The van der Waals surface area contributed by atoms with Gasteiger partial charge in [0, 0.05) is 59.3 Å². The molecule has 1 fully saturated rings. The highest BCUT2D eigenvalue weighted by molar-refractivity contribution is 14.0. The van der Waals surface area contributed by atoms with Crippen LogP contribution in [0.25, 0.3) is 0 Å². The number of carbonyl (C=O) groups excluding carboxylic acids is 1. The van der Waals surface area contributed by atoms with Crippen LogP contribution in [-0.2, 0) is 14.2 Å². The summed E-state index contributed by atoms with van der Waals surface area (Å²) in [6.45, 7) is 10.3. The van der Waals surface area contributed by atoms with Gasteiger partial charge in [0.25, 0.3) is 0 Å². The highest BCUT2D eigenvalue weighted by Gasteiger charge is 2.32. The molecular weight excluding hydrogens is 487 g/mol. The first kappa shape index (κ1) is 28.2. The highest BCUT2D eigenvalue weighted by atomic mass is 127. The van der Waals surface area contributed by atoms with E-state index in [0.29, 0.717) is 32.3 Å². The Labute approximate surface area is 193 Å². The van der Waals surface area contributed by atoms with E-state index >= 15 is 0 Å². The molecule has 0 radical (unpaired) electrons. The van der Waals surface area contributed by atoms with E-state index in [1.54, 1.807) is 14.2 Å². The zero-order chi connectivity index (χ0) is 21.0. The summed E-state index contributed by atoms with van der Waals surface area (Å²) in [5, 5.41) is 9.65. The Kier molecular flexibility index (Phi) is 13.8. The predicted octanol–water partition coefficient (Wildman–Crippen LogP) is 3.05. The Hall–Kier alpha value is -0.810. The van der Waals surface area contributed by atoms with Gasteiger partial charge in [-0.1, -0.05) is 19.8 Å². The van der Waals surface area contributed by atoms with E-state index < -0.39 is 11.7 Å². The number of halogens is 1. The van der Waals surface area contributed by atoms with Crippen LogP contribution in [-0.4, -0.2) is 69.8 Å². The van der Waals surface area contributed by atoms with Crippen molar-refractivity contribution in [3.63, 3.8) is 0 Å². The zero-order valence-corrected chi connectivity index (χ0v) is 21.3. The van der Waals surface area contributed by atoms with Gasteiger partial charge in [0.05, 0.1) is 5.60 Å². The molecule has 0 aliphatic carbocycles. The second-order valence-electron chi connectivity index (χ2n) is 8.29. The van der Waals surface area contributed by atoms with Crippen LogP contribution in [0.4, 0.5) is 4.79 Å². The van der Waals surface area contributed by atoms with Crippen molar-refractivity contribution in [2.75, 3.05) is 40.5 Å². The lowest BCUT2D eigenvalue weighted by atomic mass is 9.94. The summed E-state index contributed by atoms with van der Waals surface area (Å²) in [4.78, 5) is 16.3. The molecule has 0 bridgehead atoms. The molecule has 1 saturated heterocycles. The molecule has 1 heterocycles. The van der Waals surface area contributed by atoms with Gasteiger partial charge in [-0.15, -0.1) is 24.0 Å². The summed E-state index contributed by atoms with van der Waals surface area (Å²) in [7, 11) is 3.50. The Morgan fingerprint density at radius 3 is 2.41 bits per heavy atom. The molecule has 172 valence electrons. The molecule has 0 aromatic heterocycles. The molecule has 29 heavy (non-hydrogen) atoms. The molecule has 1 amide bonds. The summed E-state index contributed by atoms with van der Waals surface area (Å²) in [6.07, 6.45) is 4.38. The number of amides is 1. The molecule has 1 rings (SSSR count). The first-order chi connectivity index (χ1) is 13.2. The van der Waals surface area contributed by atoms with Gasteiger partial charge in [-0.25, -0.2) is 4.79 Å². The van der Waals surface area contributed by atoms with Crippen molar-refractivity contribution in [2.45, 2.75) is 77.0 Å². The van der Waals surface area contributed by atoms with Crippen molar-refractivity contribution >= 4 is 36.0 Å². The molecule has 3 N–H and O–H groups in total. The number of alkyl carbamates (subject to hydrolysis) is 1. The average Bonchev–Trinajstić information content (AvgIpc) is 2.66. The zero-order valence-electron chi connectivity index (χ0n) is 18.9. The van der Waals surface area contributed by atoms with Gasteiger partial charge in [0.1, 0.15) is 5.60 Å². The molecule has 1 atom stereocenters. The second kappa shape index (κ2) is 14.2. The van der Waals surface area contributed by atoms with Crippen LogP contribution < -0.4 is 16.0 Å². The van der Waals surface area contributed by atoms with E-state index in [-0.39, 0.29) is 35.6 Å². The monoisotopic (exact) mass is 528 g/mol. The molecule has 1 aliphatic rings. The summed E-state index contributed by atoms with van der Waals surface area (Å²) < 4.78 is 16.5.